The third-order valence-corrected chi connectivity index (χ3v) is 3.11. The first-order valence-electron chi connectivity index (χ1n) is 6.99. The highest BCUT2D eigenvalue weighted by molar-refractivity contribution is 5.53. The second-order valence-corrected chi connectivity index (χ2v) is 5.57. The molecule has 1 N–H and O–H groups in total. The molecule has 0 radical (unpaired) electrons. The lowest BCUT2D eigenvalue weighted by Crippen LogP contribution is -2.19. The van der Waals surface area contributed by atoms with Crippen LogP contribution in [0.2, 0.25) is 0 Å². The van der Waals surface area contributed by atoms with E-state index in [4.69, 9.17) is 5.26 Å². The summed E-state index contributed by atoms with van der Waals surface area (Å²) >= 11 is 0. The van der Waals surface area contributed by atoms with Gasteiger partial charge in [0.15, 0.2) is 0 Å². The number of nitriles is 1. The summed E-state index contributed by atoms with van der Waals surface area (Å²) in [7, 11) is 0. The van der Waals surface area contributed by atoms with Crippen LogP contribution >= 0.6 is 0 Å². The molecule has 1 unspecified atom stereocenters. The maximum atomic E-state index is 12.7. The standard InChI is InChI=1S/C15H20F3N3/c1-10(2)5-4-6-11(3)20-14-12(9-19)7-8-13(21-14)15(16,17)18/h7-8,10-11H,4-6H2,1-3H3,(H,20,21). The van der Waals surface area contributed by atoms with Crippen molar-refractivity contribution in [1.29, 1.82) is 5.26 Å². The van der Waals surface area contributed by atoms with E-state index in [-0.39, 0.29) is 17.4 Å². The Hall–Kier alpha value is -1.77. The van der Waals surface area contributed by atoms with Gasteiger partial charge in [0.25, 0.3) is 0 Å². The number of pyridine rings is 1. The minimum absolute atomic E-state index is 0.00405. The van der Waals surface area contributed by atoms with Crippen LogP contribution in [0.5, 0.6) is 0 Å². The first-order chi connectivity index (χ1) is 9.74. The fraction of sp³-hybridized carbons (Fsp3) is 0.600. The third kappa shape index (κ3) is 5.62. The van der Waals surface area contributed by atoms with Crippen LogP contribution in [-0.2, 0) is 6.18 Å². The summed E-state index contributed by atoms with van der Waals surface area (Å²) in [5.74, 6) is 0.600. The SMILES string of the molecule is CC(C)CCCC(C)Nc1nc(C(F)(F)F)ccc1C#N. The van der Waals surface area contributed by atoms with Gasteiger partial charge in [-0.3, -0.25) is 0 Å². The van der Waals surface area contributed by atoms with Crippen LogP contribution in [0.25, 0.3) is 0 Å². The van der Waals surface area contributed by atoms with Crippen molar-refractivity contribution in [3.05, 3.63) is 23.4 Å². The second-order valence-electron chi connectivity index (χ2n) is 5.57. The van der Waals surface area contributed by atoms with Crippen LogP contribution in [0.3, 0.4) is 0 Å². The molecule has 21 heavy (non-hydrogen) atoms. The smallest absolute Gasteiger partial charge is 0.367 e. The van der Waals surface area contributed by atoms with Gasteiger partial charge in [0.2, 0.25) is 0 Å². The van der Waals surface area contributed by atoms with Crippen molar-refractivity contribution in [1.82, 2.24) is 4.98 Å². The van der Waals surface area contributed by atoms with E-state index >= 15 is 0 Å². The molecule has 6 heteroatoms. The molecule has 0 amide bonds. The van der Waals surface area contributed by atoms with Gasteiger partial charge in [-0.1, -0.05) is 26.7 Å². The number of alkyl halides is 3. The van der Waals surface area contributed by atoms with Crippen LogP contribution in [0, 0.1) is 17.2 Å². The van der Waals surface area contributed by atoms with E-state index in [0.717, 1.165) is 31.4 Å². The molecule has 116 valence electrons. The fourth-order valence-electron chi connectivity index (χ4n) is 1.96. The molecular weight excluding hydrogens is 279 g/mol. The Morgan fingerprint density at radius 3 is 2.43 bits per heavy atom. The largest absolute Gasteiger partial charge is 0.433 e. The van der Waals surface area contributed by atoms with E-state index in [9.17, 15) is 13.2 Å². The lowest BCUT2D eigenvalue weighted by atomic mass is 10.0. The molecule has 0 fully saturated rings. The lowest BCUT2D eigenvalue weighted by molar-refractivity contribution is -0.141. The topological polar surface area (TPSA) is 48.7 Å². The van der Waals surface area contributed by atoms with Gasteiger partial charge in [0, 0.05) is 6.04 Å². The van der Waals surface area contributed by atoms with Crippen molar-refractivity contribution < 1.29 is 13.2 Å². The third-order valence-electron chi connectivity index (χ3n) is 3.11. The second kappa shape index (κ2) is 7.30. The summed E-state index contributed by atoms with van der Waals surface area (Å²) in [6.07, 6.45) is -1.65. The van der Waals surface area contributed by atoms with Crippen molar-refractivity contribution in [2.24, 2.45) is 5.92 Å². The Morgan fingerprint density at radius 2 is 1.90 bits per heavy atom. The molecule has 1 aromatic heterocycles. The zero-order valence-corrected chi connectivity index (χ0v) is 12.5. The monoisotopic (exact) mass is 299 g/mol. The maximum Gasteiger partial charge on any atom is 0.433 e. The Labute approximate surface area is 123 Å². The lowest BCUT2D eigenvalue weighted by Gasteiger charge is -2.17. The molecule has 0 saturated carbocycles. The van der Waals surface area contributed by atoms with Gasteiger partial charge in [-0.2, -0.15) is 18.4 Å². The van der Waals surface area contributed by atoms with Gasteiger partial charge < -0.3 is 5.32 Å². The highest BCUT2D eigenvalue weighted by Crippen LogP contribution is 2.29. The number of rotatable bonds is 6. The van der Waals surface area contributed by atoms with E-state index < -0.39 is 11.9 Å². The van der Waals surface area contributed by atoms with Gasteiger partial charge in [0.05, 0.1) is 5.56 Å². The van der Waals surface area contributed by atoms with E-state index in [2.05, 4.69) is 24.1 Å². The molecule has 1 rings (SSSR count). The number of nitrogens with zero attached hydrogens (tertiary/aromatic N) is 2. The van der Waals surface area contributed by atoms with Crippen molar-refractivity contribution in [3.8, 4) is 6.07 Å². The van der Waals surface area contributed by atoms with Crippen LogP contribution in [-0.4, -0.2) is 11.0 Å². The number of aromatic nitrogens is 1. The van der Waals surface area contributed by atoms with Gasteiger partial charge in [-0.15, -0.1) is 0 Å². The number of anilines is 1. The predicted octanol–water partition coefficient (Wildman–Crippen LogP) is 4.60. The zero-order chi connectivity index (χ0) is 16.0. The minimum Gasteiger partial charge on any atom is -0.367 e. The Morgan fingerprint density at radius 1 is 1.24 bits per heavy atom. The van der Waals surface area contributed by atoms with Gasteiger partial charge in [-0.05, 0) is 31.4 Å². The van der Waals surface area contributed by atoms with Crippen LogP contribution in [0.4, 0.5) is 19.0 Å². The van der Waals surface area contributed by atoms with Gasteiger partial charge >= 0.3 is 6.18 Å². The number of hydrogen-bond acceptors (Lipinski definition) is 3. The Kier molecular flexibility index (Phi) is 6.01. The van der Waals surface area contributed by atoms with Crippen molar-refractivity contribution >= 4 is 5.82 Å². The number of nitrogens with one attached hydrogen (secondary N) is 1. The van der Waals surface area contributed by atoms with Crippen LogP contribution in [0.15, 0.2) is 12.1 Å². The molecule has 0 aliphatic heterocycles. The minimum atomic E-state index is -4.51. The van der Waals surface area contributed by atoms with Gasteiger partial charge in [-0.25, -0.2) is 4.98 Å². The van der Waals surface area contributed by atoms with Crippen molar-refractivity contribution in [2.75, 3.05) is 5.32 Å². The van der Waals surface area contributed by atoms with Crippen molar-refractivity contribution in [2.45, 2.75) is 52.3 Å². The Balaban J connectivity index is 2.79. The molecule has 0 bridgehead atoms. The molecular formula is C15H20F3N3. The molecule has 3 nitrogen and oxygen atoms in total. The average Bonchev–Trinajstić information content (AvgIpc) is 2.37. The van der Waals surface area contributed by atoms with E-state index in [0.29, 0.717) is 5.92 Å². The summed E-state index contributed by atoms with van der Waals surface area (Å²) < 4.78 is 38.0. The summed E-state index contributed by atoms with van der Waals surface area (Å²) in [6, 6.07) is 3.80. The summed E-state index contributed by atoms with van der Waals surface area (Å²) in [5.41, 5.74) is -0.864. The van der Waals surface area contributed by atoms with E-state index in [1.54, 1.807) is 0 Å². The van der Waals surface area contributed by atoms with Gasteiger partial charge in [0.1, 0.15) is 17.6 Å². The van der Waals surface area contributed by atoms with Crippen LogP contribution in [0.1, 0.15) is 51.3 Å². The zero-order valence-electron chi connectivity index (χ0n) is 12.5. The normalized spacial score (nSPS) is 13.0. The highest BCUT2D eigenvalue weighted by atomic mass is 19.4. The number of hydrogen-bond donors (Lipinski definition) is 1. The predicted molar refractivity (Wildman–Crippen MR) is 75.7 cm³/mol. The molecule has 0 spiro atoms. The molecule has 0 aliphatic carbocycles. The van der Waals surface area contributed by atoms with Crippen LogP contribution < -0.4 is 5.32 Å². The molecule has 0 saturated heterocycles. The highest BCUT2D eigenvalue weighted by Gasteiger charge is 2.33. The molecule has 1 atom stereocenters. The first kappa shape index (κ1) is 17.3. The number of halogens is 3. The molecule has 1 aromatic rings. The molecule has 1 heterocycles. The first-order valence-corrected chi connectivity index (χ1v) is 6.99. The van der Waals surface area contributed by atoms with E-state index in [1.807, 2.05) is 13.0 Å². The molecule has 0 aromatic carbocycles. The summed E-state index contributed by atoms with van der Waals surface area (Å²) in [6.45, 7) is 6.13. The summed E-state index contributed by atoms with van der Waals surface area (Å²) in [4.78, 5) is 3.54. The Bertz CT molecular complexity index is 504. The van der Waals surface area contributed by atoms with Crippen molar-refractivity contribution in [3.63, 3.8) is 0 Å². The quantitative estimate of drug-likeness (QED) is 0.835. The summed E-state index contributed by atoms with van der Waals surface area (Å²) in [5, 5.41) is 11.9. The maximum absolute atomic E-state index is 12.7. The van der Waals surface area contributed by atoms with E-state index in [1.165, 1.54) is 0 Å². The molecule has 0 aliphatic rings. The fourth-order valence-corrected chi connectivity index (χ4v) is 1.96. The average molecular weight is 299 g/mol.